The molecule has 2 unspecified atom stereocenters. The highest BCUT2D eigenvalue weighted by atomic mass is 79.9. The van der Waals surface area contributed by atoms with Gasteiger partial charge in [-0.25, -0.2) is 0 Å². The van der Waals surface area contributed by atoms with Gasteiger partial charge in [0.1, 0.15) is 0 Å². The van der Waals surface area contributed by atoms with Crippen molar-refractivity contribution in [1.82, 2.24) is 0 Å². The molecular weight excluding hydrogens is 176 g/mol. The third kappa shape index (κ3) is 2.29. The van der Waals surface area contributed by atoms with Gasteiger partial charge in [0.25, 0.3) is 0 Å². The maximum Gasteiger partial charge on any atom is 0.0174 e. The summed E-state index contributed by atoms with van der Waals surface area (Å²) in [6.45, 7) is 4.09. The lowest BCUT2D eigenvalue weighted by Gasteiger charge is -2.12. The molecular formula is C8H14Br. The van der Waals surface area contributed by atoms with E-state index >= 15 is 0 Å². The average Bonchev–Trinajstić information content (AvgIpc) is 1.99. The van der Waals surface area contributed by atoms with E-state index in [-0.39, 0.29) is 0 Å². The Morgan fingerprint density at radius 2 is 1.78 bits per heavy atom. The van der Waals surface area contributed by atoms with Crippen LogP contribution in [0.15, 0.2) is 0 Å². The first-order valence-corrected chi connectivity index (χ1v) is 4.69. The fourth-order valence-electron chi connectivity index (χ4n) is 1.34. The highest BCUT2D eigenvalue weighted by Crippen LogP contribution is 2.27. The highest BCUT2D eigenvalue weighted by molar-refractivity contribution is 9.09. The van der Waals surface area contributed by atoms with Crippen LogP contribution in [0.25, 0.3) is 0 Å². The van der Waals surface area contributed by atoms with E-state index in [2.05, 4.69) is 22.9 Å². The Bertz CT molecular complexity index is 70.6. The van der Waals surface area contributed by atoms with E-state index in [0.717, 1.165) is 0 Å². The minimum absolute atomic E-state index is 0.660. The van der Waals surface area contributed by atoms with Crippen molar-refractivity contribution in [3.05, 3.63) is 6.92 Å². The molecule has 0 N–H and O–H groups in total. The third-order valence-corrected chi connectivity index (χ3v) is 3.27. The monoisotopic (exact) mass is 189 g/mol. The molecule has 0 heterocycles. The van der Waals surface area contributed by atoms with Crippen LogP contribution in [0.1, 0.15) is 32.1 Å². The Morgan fingerprint density at radius 3 is 2.56 bits per heavy atom. The van der Waals surface area contributed by atoms with Gasteiger partial charge in [-0.15, -0.1) is 0 Å². The molecule has 1 saturated carbocycles. The van der Waals surface area contributed by atoms with E-state index in [1.165, 1.54) is 32.1 Å². The van der Waals surface area contributed by atoms with Gasteiger partial charge in [0.2, 0.25) is 0 Å². The van der Waals surface area contributed by atoms with Crippen molar-refractivity contribution in [3.8, 4) is 0 Å². The second-order valence-electron chi connectivity index (χ2n) is 2.91. The Balaban J connectivity index is 2.32. The van der Waals surface area contributed by atoms with E-state index in [1.54, 1.807) is 0 Å². The molecule has 2 atom stereocenters. The lowest BCUT2D eigenvalue weighted by atomic mass is 10.0. The maximum atomic E-state index is 4.09. The molecule has 0 aromatic carbocycles. The van der Waals surface area contributed by atoms with Crippen LogP contribution in [-0.4, -0.2) is 4.83 Å². The summed E-state index contributed by atoms with van der Waals surface area (Å²) in [7, 11) is 0. The van der Waals surface area contributed by atoms with Crippen LogP contribution in [-0.2, 0) is 0 Å². The molecule has 0 nitrogen and oxygen atoms in total. The highest BCUT2D eigenvalue weighted by Gasteiger charge is 2.15. The van der Waals surface area contributed by atoms with E-state index in [0.29, 0.717) is 10.7 Å². The molecule has 1 rings (SSSR count). The van der Waals surface area contributed by atoms with Crippen LogP contribution >= 0.6 is 15.9 Å². The molecule has 0 aromatic rings. The fraction of sp³-hybridized carbons (Fsp3) is 0.875. The van der Waals surface area contributed by atoms with Crippen molar-refractivity contribution in [2.24, 2.45) is 5.92 Å². The van der Waals surface area contributed by atoms with Crippen molar-refractivity contribution in [2.75, 3.05) is 0 Å². The largest absolute Gasteiger partial charge is 0.0888 e. The van der Waals surface area contributed by atoms with Crippen molar-refractivity contribution < 1.29 is 0 Å². The maximum absolute atomic E-state index is 4.09. The summed E-state index contributed by atoms with van der Waals surface area (Å²) in [5, 5.41) is 0. The molecule has 1 heteroatoms. The van der Waals surface area contributed by atoms with Gasteiger partial charge < -0.3 is 0 Å². The first kappa shape index (κ1) is 7.59. The molecule has 53 valence electrons. The van der Waals surface area contributed by atoms with Crippen molar-refractivity contribution in [3.63, 3.8) is 0 Å². The molecule has 0 bridgehead atoms. The van der Waals surface area contributed by atoms with E-state index < -0.39 is 0 Å². The van der Waals surface area contributed by atoms with Gasteiger partial charge in [0.15, 0.2) is 0 Å². The van der Waals surface area contributed by atoms with E-state index in [4.69, 9.17) is 0 Å². The lowest BCUT2D eigenvalue weighted by molar-refractivity contribution is 0.576. The van der Waals surface area contributed by atoms with Gasteiger partial charge in [0, 0.05) is 4.83 Å². The molecule has 1 radical (unpaired) electrons. The molecule has 1 fully saturated rings. The van der Waals surface area contributed by atoms with Crippen molar-refractivity contribution in [1.29, 1.82) is 0 Å². The van der Waals surface area contributed by atoms with E-state index in [1.807, 2.05) is 0 Å². The summed E-state index contributed by atoms with van der Waals surface area (Å²) in [6, 6.07) is 0. The normalized spacial score (nSPS) is 38.0. The minimum Gasteiger partial charge on any atom is -0.0888 e. The standard InChI is InChI=1S/C8H14Br/c1-7-5-3-2-4-6-8(7)9/h7-8H,1-6H2. The Kier molecular flexibility index (Phi) is 3.03. The molecule has 9 heavy (non-hydrogen) atoms. The zero-order valence-corrected chi connectivity index (χ0v) is 7.36. The van der Waals surface area contributed by atoms with Gasteiger partial charge >= 0.3 is 0 Å². The number of alkyl halides is 1. The first-order valence-electron chi connectivity index (χ1n) is 3.78. The molecule has 0 spiro atoms. The van der Waals surface area contributed by atoms with E-state index in [9.17, 15) is 0 Å². The molecule has 0 aliphatic heterocycles. The van der Waals surface area contributed by atoms with Crippen LogP contribution in [0.3, 0.4) is 0 Å². The van der Waals surface area contributed by atoms with Crippen LogP contribution < -0.4 is 0 Å². The van der Waals surface area contributed by atoms with Crippen LogP contribution in [0, 0.1) is 12.8 Å². The number of hydrogen-bond donors (Lipinski definition) is 0. The number of rotatable bonds is 0. The zero-order valence-electron chi connectivity index (χ0n) is 5.78. The zero-order chi connectivity index (χ0) is 6.69. The quantitative estimate of drug-likeness (QED) is 0.406. The summed E-state index contributed by atoms with van der Waals surface area (Å²) in [5.74, 6) is 0.660. The van der Waals surface area contributed by atoms with Crippen LogP contribution in [0.2, 0.25) is 0 Å². The Hall–Kier alpha value is 0.480. The van der Waals surface area contributed by atoms with Gasteiger partial charge in [0.05, 0.1) is 0 Å². The summed E-state index contributed by atoms with van der Waals surface area (Å²) in [6.07, 6.45) is 6.83. The predicted octanol–water partition coefficient (Wildman–Crippen LogP) is 3.16. The predicted molar refractivity (Wildman–Crippen MR) is 44.6 cm³/mol. The summed E-state index contributed by atoms with van der Waals surface area (Å²) < 4.78 is 0. The lowest BCUT2D eigenvalue weighted by Crippen LogP contribution is -2.07. The SMILES string of the molecule is [CH2]C1CCCCCC1Br. The summed E-state index contributed by atoms with van der Waals surface area (Å²) in [5.41, 5.74) is 0. The Morgan fingerprint density at radius 1 is 1.11 bits per heavy atom. The topological polar surface area (TPSA) is 0 Å². The second-order valence-corrected chi connectivity index (χ2v) is 4.09. The molecule has 1 aliphatic rings. The second kappa shape index (κ2) is 3.60. The van der Waals surface area contributed by atoms with Gasteiger partial charge in [-0.2, -0.15) is 0 Å². The average molecular weight is 190 g/mol. The molecule has 0 aromatic heterocycles. The van der Waals surface area contributed by atoms with Gasteiger partial charge in [-0.1, -0.05) is 35.2 Å². The van der Waals surface area contributed by atoms with Gasteiger partial charge in [-0.05, 0) is 25.7 Å². The van der Waals surface area contributed by atoms with Crippen molar-refractivity contribution >= 4 is 15.9 Å². The molecule has 0 saturated heterocycles. The van der Waals surface area contributed by atoms with Crippen LogP contribution in [0.5, 0.6) is 0 Å². The van der Waals surface area contributed by atoms with Crippen LogP contribution in [0.4, 0.5) is 0 Å². The molecule has 0 amide bonds. The molecule has 1 aliphatic carbocycles. The third-order valence-electron chi connectivity index (χ3n) is 2.07. The minimum atomic E-state index is 0.660. The Labute approximate surface area is 66.2 Å². The van der Waals surface area contributed by atoms with Gasteiger partial charge in [-0.3, -0.25) is 0 Å². The number of hydrogen-bond acceptors (Lipinski definition) is 0. The summed E-state index contributed by atoms with van der Waals surface area (Å²) in [4.78, 5) is 0.694. The first-order chi connectivity index (χ1) is 4.30. The fourth-order valence-corrected chi connectivity index (χ4v) is 1.93. The smallest absolute Gasteiger partial charge is 0.0174 e. The van der Waals surface area contributed by atoms with Crippen molar-refractivity contribution in [2.45, 2.75) is 36.9 Å². The number of halogens is 1. The summed E-state index contributed by atoms with van der Waals surface area (Å²) >= 11 is 3.64.